The van der Waals surface area contributed by atoms with Crippen LogP contribution in [0.2, 0.25) is 0 Å². The van der Waals surface area contributed by atoms with Crippen LogP contribution in [0.15, 0.2) is 22.6 Å². The van der Waals surface area contributed by atoms with Crippen molar-refractivity contribution >= 4 is 5.91 Å². The third-order valence-electron chi connectivity index (χ3n) is 4.84. The Bertz CT molecular complexity index is 741. The molecule has 0 spiro atoms. The lowest BCUT2D eigenvalue weighted by Gasteiger charge is -2.32. The van der Waals surface area contributed by atoms with Gasteiger partial charge in [-0.3, -0.25) is 9.78 Å². The smallest absolute Gasteiger partial charge is 0.223 e. The van der Waals surface area contributed by atoms with Crippen LogP contribution in [0.25, 0.3) is 0 Å². The Balaban J connectivity index is 1.50. The van der Waals surface area contributed by atoms with Crippen molar-refractivity contribution in [2.24, 2.45) is 5.92 Å². The number of rotatable bonds is 6. The highest BCUT2D eigenvalue weighted by Gasteiger charge is 2.24. The molecule has 3 rings (SSSR count). The third-order valence-corrected chi connectivity index (χ3v) is 4.84. The van der Waals surface area contributed by atoms with Crippen LogP contribution in [0.1, 0.15) is 62.2 Å². The van der Waals surface area contributed by atoms with E-state index in [1.807, 2.05) is 31.7 Å². The van der Waals surface area contributed by atoms with Crippen molar-refractivity contribution in [3.63, 3.8) is 0 Å². The van der Waals surface area contributed by atoms with Crippen LogP contribution in [0.4, 0.5) is 0 Å². The maximum absolute atomic E-state index is 12.6. The van der Waals surface area contributed by atoms with Crippen LogP contribution in [0, 0.1) is 12.8 Å². The molecule has 1 amide bonds. The summed E-state index contributed by atoms with van der Waals surface area (Å²) in [6.07, 6.45) is 4.09. The molecular formula is C20H28N4O2. The number of carbonyl (C=O) groups is 1. The van der Waals surface area contributed by atoms with Crippen molar-refractivity contribution in [2.75, 3.05) is 13.1 Å². The van der Waals surface area contributed by atoms with E-state index < -0.39 is 0 Å². The molecule has 0 bridgehead atoms. The average molecular weight is 356 g/mol. The van der Waals surface area contributed by atoms with Crippen molar-refractivity contribution in [1.29, 1.82) is 0 Å². The summed E-state index contributed by atoms with van der Waals surface area (Å²) in [4.78, 5) is 19.2. The van der Waals surface area contributed by atoms with Gasteiger partial charge in [0, 0.05) is 43.2 Å². The summed E-state index contributed by atoms with van der Waals surface area (Å²) in [6, 6.07) is 6.15. The van der Waals surface area contributed by atoms with Crippen LogP contribution in [0.3, 0.4) is 0 Å². The normalized spacial score (nSPS) is 17.7. The summed E-state index contributed by atoms with van der Waals surface area (Å²) < 4.78 is 5.59. The lowest BCUT2D eigenvalue weighted by atomic mass is 9.93. The Morgan fingerprint density at radius 1 is 1.35 bits per heavy atom. The van der Waals surface area contributed by atoms with Gasteiger partial charge in [0.15, 0.2) is 0 Å². The van der Waals surface area contributed by atoms with E-state index in [1.165, 1.54) is 0 Å². The van der Waals surface area contributed by atoms with Crippen LogP contribution in [-0.2, 0) is 17.6 Å². The van der Waals surface area contributed by atoms with E-state index in [1.54, 1.807) is 0 Å². The molecule has 6 nitrogen and oxygen atoms in total. The van der Waals surface area contributed by atoms with Crippen molar-refractivity contribution in [3.8, 4) is 0 Å². The molecule has 1 saturated heterocycles. The Kier molecular flexibility index (Phi) is 6.01. The molecule has 0 aromatic carbocycles. The van der Waals surface area contributed by atoms with Gasteiger partial charge < -0.3 is 9.32 Å². The topological polar surface area (TPSA) is 72.1 Å². The van der Waals surface area contributed by atoms with E-state index in [0.717, 1.165) is 43.7 Å². The molecule has 1 fully saturated rings. The Labute approximate surface area is 155 Å². The van der Waals surface area contributed by atoms with Gasteiger partial charge in [-0.1, -0.05) is 19.9 Å². The minimum atomic E-state index is 0.177. The predicted octanol–water partition coefficient (Wildman–Crippen LogP) is 3.31. The number of likely N-dealkylation sites (tertiary alicyclic amines) is 1. The lowest BCUT2D eigenvalue weighted by Crippen LogP contribution is -2.40. The zero-order valence-corrected chi connectivity index (χ0v) is 15.9. The van der Waals surface area contributed by atoms with Crippen molar-refractivity contribution in [2.45, 2.75) is 58.8 Å². The first-order valence-corrected chi connectivity index (χ1v) is 9.54. The lowest BCUT2D eigenvalue weighted by molar-refractivity contribution is -0.133. The summed E-state index contributed by atoms with van der Waals surface area (Å²) >= 11 is 0. The van der Waals surface area contributed by atoms with Crippen molar-refractivity contribution < 1.29 is 9.21 Å². The standard InChI is InChI=1S/C20H28N4O2/c1-14(2)20-23-22-18(26-20)9-10-19(25)24-11-5-7-16(13-24)12-17-8-4-6-15(3)21-17/h4,6,8,14,16H,5,7,9-13H2,1-3H3. The van der Waals surface area contributed by atoms with Gasteiger partial charge in [0.1, 0.15) is 0 Å². The second kappa shape index (κ2) is 8.43. The number of aromatic nitrogens is 3. The summed E-state index contributed by atoms with van der Waals surface area (Å²) in [6.45, 7) is 7.70. The number of pyridine rings is 1. The molecule has 6 heteroatoms. The molecule has 2 aromatic rings. The summed E-state index contributed by atoms with van der Waals surface area (Å²) in [5, 5.41) is 8.06. The molecular weight excluding hydrogens is 328 g/mol. The maximum Gasteiger partial charge on any atom is 0.223 e. The highest BCUT2D eigenvalue weighted by Crippen LogP contribution is 2.21. The minimum absolute atomic E-state index is 0.177. The van der Waals surface area contributed by atoms with Gasteiger partial charge in [-0.15, -0.1) is 10.2 Å². The fourth-order valence-electron chi connectivity index (χ4n) is 3.44. The van der Waals surface area contributed by atoms with Gasteiger partial charge in [-0.05, 0) is 44.2 Å². The summed E-state index contributed by atoms with van der Waals surface area (Å²) in [5.41, 5.74) is 2.17. The fraction of sp³-hybridized carbons (Fsp3) is 0.600. The number of amides is 1. The monoisotopic (exact) mass is 356 g/mol. The average Bonchev–Trinajstić information content (AvgIpc) is 3.09. The zero-order valence-electron chi connectivity index (χ0n) is 15.9. The van der Waals surface area contributed by atoms with Gasteiger partial charge in [0.2, 0.25) is 17.7 Å². The first-order valence-electron chi connectivity index (χ1n) is 9.54. The van der Waals surface area contributed by atoms with Crippen LogP contribution in [-0.4, -0.2) is 39.1 Å². The van der Waals surface area contributed by atoms with E-state index in [-0.39, 0.29) is 11.8 Å². The first-order chi connectivity index (χ1) is 12.5. The van der Waals surface area contributed by atoms with Gasteiger partial charge >= 0.3 is 0 Å². The molecule has 1 unspecified atom stereocenters. The van der Waals surface area contributed by atoms with Crippen LogP contribution >= 0.6 is 0 Å². The number of aryl methyl sites for hydroxylation is 2. The quantitative estimate of drug-likeness (QED) is 0.794. The van der Waals surface area contributed by atoms with E-state index in [2.05, 4.69) is 27.3 Å². The molecule has 1 aliphatic heterocycles. The Morgan fingerprint density at radius 3 is 2.92 bits per heavy atom. The largest absolute Gasteiger partial charge is 0.425 e. The SMILES string of the molecule is Cc1cccc(CC2CCCN(C(=O)CCc3nnc(C(C)C)o3)C2)n1. The molecule has 1 atom stereocenters. The molecule has 0 radical (unpaired) electrons. The number of nitrogens with zero attached hydrogens (tertiary/aromatic N) is 4. The fourth-order valence-corrected chi connectivity index (χ4v) is 3.44. The molecule has 140 valence electrons. The van der Waals surface area contributed by atoms with Gasteiger partial charge in [0.05, 0.1) is 0 Å². The first kappa shape index (κ1) is 18.5. The van der Waals surface area contributed by atoms with Gasteiger partial charge in [-0.2, -0.15) is 0 Å². The molecule has 3 heterocycles. The van der Waals surface area contributed by atoms with Crippen molar-refractivity contribution in [3.05, 3.63) is 41.4 Å². The minimum Gasteiger partial charge on any atom is -0.425 e. The van der Waals surface area contributed by atoms with Gasteiger partial charge in [0.25, 0.3) is 0 Å². The van der Waals surface area contributed by atoms with Crippen LogP contribution < -0.4 is 0 Å². The predicted molar refractivity (Wildman–Crippen MR) is 98.7 cm³/mol. The van der Waals surface area contributed by atoms with E-state index in [4.69, 9.17) is 4.42 Å². The Hall–Kier alpha value is -2.24. The molecule has 2 aromatic heterocycles. The summed E-state index contributed by atoms with van der Waals surface area (Å²) in [5.74, 6) is 2.06. The number of hydrogen-bond donors (Lipinski definition) is 0. The maximum atomic E-state index is 12.6. The second-order valence-electron chi connectivity index (χ2n) is 7.51. The number of carbonyl (C=O) groups excluding carboxylic acids is 1. The van der Waals surface area contributed by atoms with Crippen molar-refractivity contribution in [1.82, 2.24) is 20.1 Å². The molecule has 0 aliphatic carbocycles. The van der Waals surface area contributed by atoms with Gasteiger partial charge in [-0.25, -0.2) is 0 Å². The molecule has 1 aliphatic rings. The van der Waals surface area contributed by atoms with Crippen LogP contribution in [0.5, 0.6) is 0 Å². The zero-order chi connectivity index (χ0) is 18.5. The number of piperidine rings is 1. The highest BCUT2D eigenvalue weighted by molar-refractivity contribution is 5.76. The number of hydrogen-bond acceptors (Lipinski definition) is 5. The molecule has 0 saturated carbocycles. The highest BCUT2D eigenvalue weighted by atomic mass is 16.4. The molecule has 26 heavy (non-hydrogen) atoms. The Morgan fingerprint density at radius 2 is 2.19 bits per heavy atom. The van der Waals surface area contributed by atoms with E-state index in [9.17, 15) is 4.79 Å². The second-order valence-corrected chi connectivity index (χ2v) is 7.51. The molecule has 0 N–H and O–H groups in total. The van der Waals surface area contributed by atoms with E-state index in [0.29, 0.717) is 30.5 Å². The summed E-state index contributed by atoms with van der Waals surface area (Å²) in [7, 11) is 0. The van der Waals surface area contributed by atoms with E-state index >= 15 is 0 Å². The third kappa shape index (κ3) is 4.90.